The summed E-state index contributed by atoms with van der Waals surface area (Å²) in [6.07, 6.45) is 5.34. The third kappa shape index (κ3) is 7.50. The molecule has 3 aromatic carbocycles. The minimum atomic E-state index is -4.26. The van der Waals surface area contributed by atoms with Crippen molar-refractivity contribution in [2.45, 2.75) is 75.9 Å². The molecule has 42 heavy (non-hydrogen) atoms. The first kappa shape index (κ1) is 31.5. The molecule has 0 bridgehead atoms. The summed E-state index contributed by atoms with van der Waals surface area (Å²) >= 11 is 6.04. The highest BCUT2D eigenvalue weighted by Gasteiger charge is 2.34. The number of anilines is 1. The minimum absolute atomic E-state index is 0.0363. The van der Waals surface area contributed by atoms with Crippen LogP contribution in [0.4, 0.5) is 10.1 Å². The first-order chi connectivity index (χ1) is 20.1. The highest BCUT2D eigenvalue weighted by Crippen LogP contribution is 2.29. The van der Waals surface area contributed by atoms with Crippen LogP contribution in [0.25, 0.3) is 0 Å². The number of benzene rings is 3. The summed E-state index contributed by atoms with van der Waals surface area (Å²) < 4.78 is 42.7. The van der Waals surface area contributed by atoms with Gasteiger partial charge in [-0.2, -0.15) is 0 Å². The maximum Gasteiger partial charge on any atom is 0.264 e. The molecule has 0 unspecified atom stereocenters. The predicted molar refractivity (Wildman–Crippen MR) is 163 cm³/mol. The number of rotatable bonds is 11. The van der Waals surface area contributed by atoms with Crippen LogP contribution >= 0.6 is 11.6 Å². The molecule has 0 radical (unpaired) electrons. The van der Waals surface area contributed by atoms with Gasteiger partial charge in [0.1, 0.15) is 18.4 Å². The number of carbonyl (C=O) groups is 2. The Balaban J connectivity index is 1.72. The van der Waals surface area contributed by atoms with Crippen LogP contribution < -0.4 is 9.62 Å². The second-order valence-electron chi connectivity index (χ2n) is 10.6. The van der Waals surface area contributed by atoms with Crippen molar-refractivity contribution in [3.05, 3.63) is 94.8 Å². The Hall–Kier alpha value is -3.43. The Kier molecular flexibility index (Phi) is 10.6. The highest BCUT2D eigenvalue weighted by atomic mass is 35.5. The summed E-state index contributed by atoms with van der Waals surface area (Å²) in [5, 5.41) is 2.86. The number of aryl methyl sites for hydroxylation is 1. The predicted octanol–water partition coefficient (Wildman–Crippen LogP) is 6.24. The van der Waals surface area contributed by atoms with E-state index >= 15 is 0 Å². The van der Waals surface area contributed by atoms with E-state index in [4.69, 9.17) is 11.6 Å². The van der Waals surface area contributed by atoms with Crippen LogP contribution in [0.1, 0.15) is 56.6 Å². The van der Waals surface area contributed by atoms with Gasteiger partial charge in [0, 0.05) is 12.6 Å². The molecule has 2 amide bonds. The van der Waals surface area contributed by atoms with E-state index in [0.29, 0.717) is 6.42 Å². The largest absolute Gasteiger partial charge is 0.352 e. The van der Waals surface area contributed by atoms with Gasteiger partial charge in [-0.3, -0.25) is 13.9 Å². The first-order valence-corrected chi connectivity index (χ1v) is 16.1. The van der Waals surface area contributed by atoms with E-state index in [-0.39, 0.29) is 34.1 Å². The molecule has 0 saturated heterocycles. The minimum Gasteiger partial charge on any atom is -0.352 e. The van der Waals surface area contributed by atoms with Crippen molar-refractivity contribution in [2.75, 3.05) is 10.8 Å². The molecule has 1 aliphatic carbocycles. The number of amides is 2. The molecule has 224 valence electrons. The Labute approximate surface area is 252 Å². The van der Waals surface area contributed by atoms with Crippen LogP contribution in [-0.4, -0.2) is 43.8 Å². The summed E-state index contributed by atoms with van der Waals surface area (Å²) in [7, 11) is -4.26. The van der Waals surface area contributed by atoms with Crippen molar-refractivity contribution in [2.24, 2.45) is 0 Å². The highest BCUT2D eigenvalue weighted by molar-refractivity contribution is 7.92. The third-order valence-electron chi connectivity index (χ3n) is 7.74. The standard InChI is InChI=1S/C32H37ClFN3O4S/c1-3-30(32(39)35-25-14-6-4-7-15-25)36(21-24-13-11-10-12-23(24)2)31(38)22-37(26-18-19-29(34)28(33)20-26)42(40,41)27-16-8-5-9-17-27/h5,8-13,16-20,25,30H,3-4,6-7,14-15,21-22H2,1-2H3,(H,35,39)/t30-/m1/s1. The van der Waals surface area contributed by atoms with Gasteiger partial charge >= 0.3 is 0 Å². The number of nitrogens with zero attached hydrogens (tertiary/aromatic N) is 2. The molecule has 0 aliphatic heterocycles. The molecule has 10 heteroatoms. The van der Waals surface area contributed by atoms with E-state index in [2.05, 4.69) is 5.32 Å². The average Bonchev–Trinajstić information content (AvgIpc) is 2.99. The van der Waals surface area contributed by atoms with Gasteiger partial charge in [0.2, 0.25) is 11.8 Å². The fraction of sp³-hybridized carbons (Fsp3) is 0.375. The number of hydrogen-bond donors (Lipinski definition) is 1. The van der Waals surface area contributed by atoms with Crippen LogP contribution in [0.3, 0.4) is 0 Å². The lowest BCUT2D eigenvalue weighted by atomic mass is 9.95. The number of halogens is 2. The molecule has 1 N–H and O–H groups in total. The summed E-state index contributed by atoms with van der Waals surface area (Å²) in [5.41, 5.74) is 1.82. The van der Waals surface area contributed by atoms with Crippen molar-refractivity contribution in [1.29, 1.82) is 0 Å². The molecule has 1 atom stereocenters. The number of carbonyl (C=O) groups excluding carboxylic acids is 2. The summed E-state index contributed by atoms with van der Waals surface area (Å²) in [6.45, 7) is 3.26. The molecule has 3 aromatic rings. The Bertz CT molecular complexity index is 1500. The maximum absolute atomic E-state index is 14.2. The Morgan fingerprint density at radius 3 is 2.31 bits per heavy atom. The Morgan fingerprint density at radius 2 is 1.67 bits per heavy atom. The van der Waals surface area contributed by atoms with Crippen LogP contribution in [0.5, 0.6) is 0 Å². The lowest BCUT2D eigenvalue weighted by Crippen LogP contribution is -2.54. The quantitative estimate of drug-likeness (QED) is 0.277. The summed E-state index contributed by atoms with van der Waals surface area (Å²) in [6, 6.07) is 18.0. The zero-order chi connectivity index (χ0) is 30.3. The van der Waals surface area contributed by atoms with Crippen molar-refractivity contribution < 1.29 is 22.4 Å². The molecule has 1 fully saturated rings. The number of nitrogens with one attached hydrogen (secondary N) is 1. The van der Waals surface area contributed by atoms with Gasteiger partial charge in [-0.15, -0.1) is 0 Å². The molecule has 7 nitrogen and oxygen atoms in total. The van der Waals surface area contributed by atoms with Gasteiger partial charge in [-0.05, 0) is 67.6 Å². The van der Waals surface area contributed by atoms with Crippen LogP contribution in [0.2, 0.25) is 5.02 Å². The van der Waals surface area contributed by atoms with E-state index in [1.165, 1.54) is 29.2 Å². The SMILES string of the molecule is CC[C@H](C(=O)NC1CCCCC1)N(Cc1ccccc1C)C(=O)CN(c1ccc(F)c(Cl)c1)S(=O)(=O)c1ccccc1. The molecular weight excluding hydrogens is 577 g/mol. The molecule has 0 aromatic heterocycles. The number of sulfonamides is 1. The van der Waals surface area contributed by atoms with Gasteiger partial charge in [0.05, 0.1) is 15.6 Å². The van der Waals surface area contributed by atoms with E-state index in [9.17, 15) is 22.4 Å². The average molecular weight is 614 g/mol. The van der Waals surface area contributed by atoms with Crippen LogP contribution in [0.15, 0.2) is 77.7 Å². The molecule has 1 saturated carbocycles. The normalized spacial score (nSPS) is 14.7. The maximum atomic E-state index is 14.2. The smallest absolute Gasteiger partial charge is 0.264 e. The van der Waals surface area contributed by atoms with Crippen LogP contribution in [0, 0.1) is 12.7 Å². The second-order valence-corrected chi connectivity index (χ2v) is 12.9. The zero-order valence-electron chi connectivity index (χ0n) is 23.9. The van der Waals surface area contributed by atoms with Crippen LogP contribution in [-0.2, 0) is 26.2 Å². The summed E-state index contributed by atoms with van der Waals surface area (Å²) in [4.78, 5) is 29.2. The molecule has 1 aliphatic rings. The topological polar surface area (TPSA) is 86.8 Å². The number of hydrogen-bond acceptors (Lipinski definition) is 4. The fourth-order valence-corrected chi connectivity index (χ4v) is 6.93. The van der Waals surface area contributed by atoms with Gasteiger partial charge in [-0.1, -0.05) is 80.3 Å². The van der Waals surface area contributed by atoms with Crippen molar-refractivity contribution in [1.82, 2.24) is 10.2 Å². The monoisotopic (exact) mass is 613 g/mol. The molecule has 0 spiro atoms. The Morgan fingerprint density at radius 1 is 1.00 bits per heavy atom. The molecule has 0 heterocycles. The van der Waals surface area contributed by atoms with Gasteiger partial charge in [-0.25, -0.2) is 12.8 Å². The van der Waals surface area contributed by atoms with E-state index in [0.717, 1.165) is 53.6 Å². The van der Waals surface area contributed by atoms with E-state index in [1.54, 1.807) is 18.2 Å². The summed E-state index contributed by atoms with van der Waals surface area (Å²) in [5.74, 6) is -1.53. The van der Waals surface area contributed by atoms with Gasteiger partial charge < -0.3 is 10.2 Å². The molecular formula is C32H37ClFN3O4S. The van der Waals surface area contributed by atoms with Gasteiger partial charge in [0.25, 0.3) is 10.0 Å². The van der Waals surface area contributed by atoms with Crippen molar-refractivity contribution >= 4 is 39.1 Å². The fourth-order valence-electron chi connectivity index (χ4n) is 5.32. The zero-order valence-corrected chi connectivity index (χ0v) is 25.5. The lowest BCUT2D eigenvalue weighted by molar-refractivity contribution is -0.140. The van der Waals surface area contributed by atoms with Gasteiger partial charge in [0.15, 0.2) is 0 Å². The lowest BCUT2D eigenvalue weighted by Gasteiger charge is -2.34. The third-order valence-corrected chi connectivity index (χ3v) is 9.82. The van der Waals surface area contributed by atoms with E-state index < -0.39 is 34.3 Å². The molecule has 4 rings (SSSR count). The first-order valence-electron chi connectivity index (χ1n) is 14.3. The van der Waals surface area contributed by atoms with Crippen molar-refractivity contribution in [3.63, 3.8) is 0 Å². The van der Waals surface area contributed by atoms with Crippen molar-refractivity contribution in [3.8, 4) is 0 Å². The van der Waals surface area contributed by atoms with E-state index in [1.807, 2.05) is 38.1 Å². The second kappa shape index (κ2) is 14.2.